The van der Waals surface area contributed by atoms with Crippen molar-refractivity contribution >= 4 is 28.3 Å². The summed E-state index contributed by atoms with van der Waals surface area (Å²) in [5.74, 6) is 0. The predicted octanol–water partition coefficient (Wildman–Crippen LogP) is 3.40. The van der Waals surface area contributed by atoms with Gasteiger partial charge in [0.05, 0.1) is 5.69 Å². The van der Waals surface area contributed by atoms with Gasteiger partial charge in [0.25, 0.3) is 0 Å². The number of benzene rings is 1. The summed E-state index contributed by atoms with van der Waals surface area (Å²) in [6.45, 7) is 7.62. The summed E-state index contributed by atoms with van der Waals surface area (Å²) in [6, 6.07) is 4.00. The standard InChI is InChI=1S/C9H10BrN/c1-6-4-5-8(11-3)9(10)7(6)2/h4-5H,3H2,1-2H3. The van der Waals surface area contributed by atoms with Gasteiger partial charge in [0, 0.05) is 4.47 Å². The lowest BCUT2D eigenvalue weighted by Crippen LogP contribution is -1.81. The van der Waals surface area contributed by atoms with E-state index in [2.05, 4.69) is 41.5 Å². The van der Waals surface area contributed by atoms with Crippen LogP contribution in [0.1, 0.15) is 11.1 Å². The normalized spacial score (nSPS) is 9.73. The van der Waals surface area contributed by atoms with Crippen LogP contribution in [0.4, 0.5) is 5.69 Å². The van der Waals surface area contributed by atoms with Crippen molar-refractivity contribution in [2.75, 3.05) is 0 Å². The second-order valence-electron chi connectivity index (χ2n) is 2.50. The number of halogens is 1. The van der Waals surface area contributed by atoms with Crippen LogP contribution < -0.4 is 0 Å². The molecule has 2 heteroatoms. The van der Waals surface area contributed by atoms with Crippen molar-refractivity contribution < 1.29 is 0 Å². The molecule has 1 nitrogen and oxygen atoms in total. The topological polar surface area (TPSA) is 12.4 Å². The van der Waals surface area contributed by atoms with Crippen LogP contribution in [0, 0.1) is 13.8 Å². The number of nitrogens with zero attached hydrogens (tertiary/aromatic N) is 1. The fourth-order valence-corrected chi connectivity index (χ4v) is 1.46. The summed E-state index contributed by atoms with van der Waals surface area (Å²) in [7, 11) is 0. The number of hydrogen-bond donors (Lipinski definition) is 0. The minimum Gasteiger partial charge on any atom is -0.263 e. The third-order valence-corrected chi connectivity index (χ3v) is 2.81. The molecule has 58 valence electrons. The van der Waals surface area contributed by atoms with Crippen LogP contribution in [0.3, 0.4) is 0 Å². The van der Waals surface area contributed by atoms with E-state index in [1.54, 1.807) is 0 Å². The Labute approximate surface area is 75.3 Å². The molecule has 0 aliphatic heterocycles. The predicted molar refractivity (Wildman–Crippen MR) is 52.8 cm³/mol. The van der Waals surface area contributed by atoms with Gasteiger partial charge >= 0.3 is 0 Å². The Morgan fingerprint density at radius 2 is 2.00 bits per heavy atom. The van der Waals surface area contributed by atoms with Crippen molar-refractivity contribution in [1.82, 2.24) is 0 Å². The first-order valence-electron chi connectivity index (χ1n) is 3.39. The quantitative estimate of drug-likeness (QED) is 0.632. The van der Waals surface area contributed by atoms with Gasteiger partial charge in [-0.1, -0.05) is 6.07 Å². The second kappa shape index (κ2) is 3.18. The Morgan fingerprint density at radius 3 is 2.55 bits per heavy atom. The van der Waals surface area contributed by atoms with Crippen molar-refractivity contribution in [3.8, 4) is 0 Å². The van der Waals surface area contributed by atoms with E-state index in [9.17, 15) is 0 Å². The molecule has 1 rings (SSSR count). The molecular formula is C9H10BrN. The molecule has 0 saturated heterocycles. The van der Waals surface area contributed by atoms with Gasteiger partial charge in [0.15, 0.2) is 0 Å². The van der Waals surface area contributed by atoms with Crippen LogP contribution in [0.5, 0.6) is 0 Å². The molecule has 0 bridgehead atoms. The Hall–Kier alpha value is -0.630. The lowest BCUT2D eigenvalue weighted by atomic mass is 10.1. The first kappa shape index (κ1) is 8.47. The van der Waals surface area contributed by atoms with E-state index in [1.165, 1.54) is 11.1 Å². The minimum absolute atomic E-state index is 0.910. The summed E-state index contributed by atoms with van der Waals surface area (Å²) in [5, 5.41) is 0. The van der Waals surface area contributed by atoms with Gasteiger partial charge < -0.3 is 0 Å². The molecule has 0 saturated carbocycles. The van der Waals surface area contributed by atoms with E-state index in [0.717, 1.165) is 10.2 Å². The molecule has 0 spiro atoms. The maximum absolute atomic E-state index is 3.88. The summed E-state index contributed by atoms with van der Waals surface area (Å²) < 4.78 is 1.05. The summed E-state index contributed by atoms with van der Waals surface area (Å²) >= 11 is 3.46. The molecular weight excluding hydrogens is 202 g/mol. The van der Waals surface area contributed by atoms with Crippen LogP contribution in [0.25, 0.3) is 0 Å². The summed E-state index contributed by atoms with van der Waals surface area (Å²) in [5.41, 5.74) is 3.41. The zero-order chi connectivity index (χ0) is 8.43. The smallest absolute Gasteiger partial charge is 0.0767 e. The van der Waals surface area contributed by atoms with Gasteiger partial charge in [0.1, 0.15) is 0 Å². The Kier molecular flexibility index (Phi) is 2.45. The van der Waals surface area contributed by atoms with Crippen LogP contribution in [0.2, 0.25) is 0 Å². The molecule has 0 N–H and O–H groups in total. The van der Waals surface area contributed by atoms with Crippen molar-refractivity contribution in [2.45, 2.75) is 13.8 Å². The average Bonchev–Trinajstić information content (AvgIpc) is 2.01. The first-order chi connectivity index (χ1) is 5.16. The van der Waals surface area contributed by atoms with Gasteiger partial charge in [0.2, 0.25) is 0 Å². The third-order valence-electron chi connectivity index (χ3n) is 1.81. The van der Waals surface area contributed by atoms with Crippen molar-refractivity contribution in [3.05, 3.63) is 27.7 Å². The Morgan fingerprint density at radius 1 is 1.36 bits per heavy atom. The van der Waals surface area contributed by atoms with Crippen LogP contribution in [-0.2, 0) is 0 Å². The van der Waals surface area contributed by atoms with Gasteiger partial charge in [-0.3, -0.25) is 4.99 Å². The maximum Gasteiger partial charge on any atom is 0.0767 e. The molecule has 0 aliphatic carbocycles. The molecule has 0 atom stereocenters. The largest absolute Gasteiger partial charge is 0.263 e. The van der Waals surface area contributed by atoms with Gasteiger partial charge in [-0.15, -0.1) is 0 Å². The molecule has 1 aromatic rings. The molecule has 0 amide bonds. The molecule has 0 radical (unpaired) electrons. The zero-order valence-electron chi connectivity index (χ0n) is 6.69. The van der Waals surface area contributed by atoms with Gasteiger partial charge in [-0.05, 0) is 53.7 Å². The Bertz CT molecular complexity index is 292. The van der Waals surface area contributed by atoms with Crippen molar-refractivity contribution in [2.24, 2.45) is 4.99 Å². The van der Waals surface area contributed by atoms with E-state index in [4.69, 9.17) is 0 Å². The molecule has 0 aromatic heterocycles. The van der Waals surface area contributed by atoms with Gasteiger partial charge in [-0.2, -0.15) is 0 Å². The van der Waals surface area contributed by atoms with Crippen LogP contribution in [0.15, 0.2) is 21.6 Å². The van der Waals surface area contributed by atoms with E-state index >= 15 is 0 Å². The van der Waals surface area contributed by atoms with E-state index in [-0.39, 0.29) is 0 Å². The van der Waals surface area contributed by atoms with Crippen molar-refractivity contribution in [3.63, 3.8) is 0 Å². The third kappa shape index (κ3) is 1.51. The van der Waals surface area contributed by atoms with E-state index in [0.29, 0.717) is 0 Å². The molecule has 11 heavy (non-hydrogen) atoms. The van der Waals surface area contributed by atoms with Crippen molar-refractivity contribution in [1.29, 1.82) is 0 Å². The van der Waals surface area contributed by atoms with E-state index < -0.39 is 0 Å². The highest BCUT2D eigenvalue weighted by Crippen LogP contribution is 2.29. The average molecular weight is 212 g/mol. The van der Waals surface area contributed by atoms with Gasteiger partial charge in [-0.25, -0.2) is 0 Å². The SMILES string of the molecule is C=Nc1ccc(C)c(C)c1Br. The number of rotatable bonds is 1. The highest BCUT2D eigenvalue weighted by molar-refractivity contribution is 9.10. The highest BCUT2D eigenvalue weighted by atomic mass is 79.9. The molecule has 0 aliphatic rings. The highest BCUT2D eigenvalue weighted by Gasteiger charge is 2.01. The lowest BCUT2D eigenvalue weighted by molar-refractivity contribution is 1.30. The van der Waals surface area contributed by atoms with E-state index in [1.807, 2.05) is 12.1 Å². The minimum atomic E-state index is 0.910. The number of aryl methyl sites for hydroxylation is 1. The van der Waals surface area contributed by atoms with Crippen LogP contribution >= 0.6 is 15.9 Å². The molecule has 0 heterocycles. The Balaban J connectivity index is 3.36. The monoisotopic (exact) mass is 211 g/mol. The summed E-state index contributed by atoms with van der Waals surface area (Å²) in [6.07, 6.45) is 0. The zero-order valence-corrected chi connectivity index (χ0v) is 8.27. The number of hydrogen-bond acceptors (Lipinski definition) is 1. The summed E-state index contributed by atoms with van der Waals surface area (Å²) in [4.78, 5) is 3.88. The molecule has 1 aromatic carbocycles. The molecule has 0 fully saturated rings. The second-order valence-corrected chi connectivity index (χ2v) is 3.29. The maximum atomic E-state index is 3.88. The fraction of sp³-hybridized carbons (Fsp3) is 0.222. The lowest BCUT2D eigenvalue weighted by Gasteiger charge is -2.04. The first-order valence-corrected chi connectivity index (χ1v) is 4.18. The molecule has 0 unspecified atom stereocenters. The fourth-order valence-electron chi connectivity index (χ4n) is 0.889. The number of aliphatic imine (C=N–C) groups is 1. The van der Waals surface area contributed by atoms with Crippen LogP contribution in [-0.4, -0.2) is 6.72 Å².